The number of methoxy groups -OCH3 is 2. The van der Waals surface area contributed by atoms with E-state index < -0.39 is 27.4 Å². The third-order valence-corrected chi connectivity index (χ3v) is 18.7. The zero-order valence-corrected chi connectivity index (χ0v) is 45.9. The number of fused-ring (bicyclic) bond motifs is 2. The summed E-state index contributed by atoms with van der Waals surface area (Å²) < 4.78 is 10.4. The molecule has 0 saturated carbocycles. The van der Waals surface area contributed by atoms with Crippen molar-refractivity contribution in [2.24, 2.45) is 5.92 Å². The Morgan fingerprint density at radius 1 is 0.417 bits per heavy atom. The zero-order chi connectivity index (χ0) is 50.5. The van der Waals surface area contributed by atoms with E-state index in [1.165, 1.54) is 64.5 Å². The van der Waals surface area contributed by atoms with Crippen LogP contribution in [0.25, 0.3) is 44.1 Å². The summed E-state index contributed by atoms with van der Waals surface area (Å²) in [6.45, 7) is 3.96. The van der Waals surface area contributed by atoms with Crippen LogP contribution < -0.4 is 41.3 Å². The van der Waals surface area contributed by atoms with Gasteiger partial charge in [-0.05, 0) is 106 Å². The van der Waals surface area contributed by atoms with E-state index in [2.05, 4.69) is 194 Å². The maximum atomic E-state index is 9.12. The van der Waals surface area contributed by atoms with Gasteiger partial charge in [0, 0.05) is 11.1 Å². The van der Waals surface area contributed by atoms with Gasteiger partial charge in [-0.3, -0.25) is 0 Å². The van der Waals surface area contributed by atoms with Crippen molar-refractivity contribution in [3.63, 3.8) is 0 Å². The fourth-order valence-corrected chi connectivity index (χ4v) is 15.1. The Kier molecular flexibility index (Phi) is 18.5. The van der Waals surface area contributed by atoms with Gasteiger partial charge in [-0.15, -0.1) is 6.04 Å². The second-order valence-corrected chi connectivity index (χ2v) is 25.2. The summed E-state index contributed by atoms with van der Waals surface area (Å²) in [5.41, 5.74) is 20.9. The minimum Gasteiger partial charge on any atom is -0.0620 e. The Morgan fingerprint density at radius 2 is 0.708 bits per heavy atom. The molecule has 0 aliphatic heterocycles. The van der Waals surface area contributed by atoms with Crippen LogP contribution in [0.2, 0.25) is 0 Å². The molecule has 1 atom stereocenters. The Bertz CT molecular complexity index is 2990. The molecule has 0 unspecified atom stereocenters. The maximum absolute atomic E-state index is 9.12. The number of nitrogens with one attached hydrogen (secondary N) is 2. The molecule has 72 heavy (non-hydrogen) atoms. The summed E-state index contributed by atoms with van der Waals surface area (Å²) in [5, 5.41) is 13.6. The van der Waals surface area contributed by atoms with Gasteiger partial charge in [-0.1, -0.05) is 194 Å². The Hall–Kier alpha value is -5.70. The molecule has 0 bridgehead atoms. The zero-order valence-electron chi connectivity index (χ0n) is 40.7. The molecule has 362 valence electrons. The molecular weight excluding hydrogens is 1050 g/mol. The van der Waals surface area contributed by atoms with Gasteiger partial charge >= 0.3 is 34.5 Å². The van der Waals surface area contributed by atoms with Crippen molar-refractivity contribution in [1.82, 2.24) is 0 Å². The normalized spacial score (nSPS) is 11.7. The Balaban J connectivity index is 0.000000224. The number of halogens is 2. The van der Waals surface area contributed by atoms with E-state index in [9.17, 15) is 0 Å². The van der Waals surface area contributed by atoms with E-state index in [-0.39, 0.29) is 21.1 Å². The van der Waals surface area contributed by atoms with Gasteiger partial charge in [0.2, 0.25) is 0 Å². The van der Waals surface area contributed by atoms with Crippen molar-refractivity contribution < 1.29 is 24.6 Å². The molecule has 2 N–H and O–H groups in total. The van der Waals surface area contributed by atoms with Crippen LogP contribution >= 0.6 is 35.2 Å². The predicted molar refractivity (Wildman–Crippen MR) is 313 cm³/mol. The summed E-state index contributed by atoms with van der Waals surface area (Å²) in [6.07, 6.45) is 0. The Labute approximate surface area is 443 Å². The van der Waals surface area contributed by atoms with Crippen molar-refractivity contribution in [3.8, 4) is 22.6 Å². The summed E-state index contributed by atoms with van der Waals surface area (Å²) in [5.74, 6) is 1.55. The average Bonchev–Trinajstić information content (AvgIpc) is 3.44. The van der Waals surface area contributed by atoms with Gasteiger partial charge in [0.25, 0.3) is 0 Å². The van der Waals surface area contributed by atoms with Crippen molar-refractivity contribution in [2.75, 3.05) is 14.2 Å². The first-order valence-corrected chi connectivity index (χ1v) is 31.3. The largest absolute Gasteiger partial charge is 0.111 e. The molecule has 4 nitrogen and oxygen atoms in total. The van der Waals surface area contributed by atoms with Crippen LogP contribution in [0.3, 0.4) is 0 Å². The number of hydrogen-bond acceptors (Lipinski definition) is 2. The van der Waals surface area contributed by atoms with Crippen LogP contribution in [0.4, 0.5) is 0 Å². The van der Waals surface area contributed by atoms with Gasteiger partial charge < -0.3 is 20.9 Å². The van der Waals surface area contributed by atoms with E-state index in [1.54, 1.807) is 14.2 Å². The second kappa shape index (κ2) is 25.3. The van der Waals surface area contributed by atoms with Crippen LogP contribution in [0.15, 0.2) is 243 Å². The number of rotatable bonds is 13. The monoisotopic (exact) mass is 1110 g/mol. The van der Waals surface area contributed by atoms with E-state index in [1.807, 2.05) is 62.4 Å². The van der Waals surface area contributed by atoms with Crippen molar-refractivity contribution in [2.45, 2.75) is 25.4 Å². The second-order valence-electron chi connectivity index (χ2n) is 17.7. The molecule has 0 radical (unpaired) electrons. The Morgan fingerprint density at radius 3 is 1.00 bits per heavy atom. The topological polar surface area (TPSA) is 66.1 Å². The molecule has 0 heterocycles. The number of benzene rings is 10. The van der Waals surface area contributed by atoms with Gasteiger partial charge in [-0.2, -0.15) is 0 Å². The van der Waals surface area contributed by atoms with Crippen LogP contribution in [0.5, 0.6) is 11.5 Å². The summed E-state index contributed by atoms with van der Waals surface area (Å²) >= 11 is -0.346. The van der Waals surface area contributed by atoms with E-state index >= 15 is 0 Å². The smallest absolute Gasteiger partial charge is 0.0620 e. The molecule has 10 rings (SSSR count). The quantitative estimate of drug-likeness (QED) is 0.0853. The van der Waals surface area contributed by atoms with Crippen molar-refractivity contribution in [3.05, 3.63) is 265 Å². The molecule has 0 fully saturated rings. The summed E-state index contributed by atoms with van der Waals surface area (Å²) in [6, 6.07) is 86.5. The number of hydrogen-bond donors (Lipinski definition) is 0. The molecule has 0 aliphatic rings. The molecule has 9 heteroatoms. The van der Waals surface area contributed by atoms with Crippen LogP contribution in [0, 0.1) is 5.92 Å². The van der Waals surface area contributed by atoms with Crippen molar-refractivity contribution in [1.29, 1.82) is 0 Å². The van der Waals surface area contributed by atoms with Crippen LogP contribution in [0.1, 0.15) is 25.0 Å². The minimum atomic E-state index is -1.37. The molecule has 0 saturated heterocycles. The standard InChI is InChI=1S/C44H32P2.C19H24N2O2.2ClH.Ru/c1-5-19-35(20-6-1)45(36-21-7-2-8-22-36)41-31-29-33-17-13-15-27-39(33)43(41)44-40-28-16-14-18-34(40)30-32-42(44)46(37-23-9-3-10-24-37)38-25-11-4-12-26-38;1-13(2)18(20)19(21,14-5-9-16(22-3)10-6-14)15-7-11-17(23-4)12-8-15;;;/h1-32H;5-13,18,20-21H,1-4H3;2*1H;/q;-2;;;+4/t;18-;;;/m.1.../s1. The third-order valence-electron chi connectivity index (χ3n) is 13.1. The van der Waals surface area contributed by atoms with Crippen molar-refractivity contribution >= 4 is 88.6 Å². The van der Waals surface area contributed by atoms with E-state index in [0.29, 0.717) is 0 Å². The molecule has 0 aromatic heterocycles. The number of ether oxygens (including phenoxy) is 2. The predicted octanol–water partition coefficient (Wildman–Crippen LogP) is 15.1. The van der Waals surface area contributed by atoms with E-state index in [0.717, 1.165) is 22.6 Å². The first kappa shape index (κ1) is 52.6. The molecular formula is C63H58Cl2N2O2P2Ru+2. The first-order chi connectivity index (χ1) is 35.2. The molecule has 0 amide bonds. The maximum Gasteiger partial charge on any atom is 0.111 e. The van der Waals surface area contributed by atoms with Gasteiger partial charge in [0.05, 0.1) is 30.1 Å². The molecule has 10 aromatic rings. The van der Waals surface area contributed by atoms with Crippen LogP contribution in [-0.4, -0.2) is 20.3 Å². The molecule has 10 aromatic carbocycles. The van der Waals surface area contributed by atoms with Crippen LogP contribution in [-0.2, 0) is 20.7 Å². The molecule has 0 spiro atoms. The average molecular weight is 1110 g/mol. The fourth-order valence-electron chi connectivity index (χ4n) is 9.61. The minimum absolute atomic E-state index is 0.0525. The fraction of sp³-hybridized carbons (Fsp3) is 0.111. The third kappa shape index (κ3) is 11.7. The first-order valence-electron chi connectivity index (χ1n) is 23.8. The van der Waals surface area contributed by atoms with E-state index in [4.69, 9.17) is 40.3 Å². The molecule has 0 aliphatic carbocycles. The van der Waals surface area contributed by atoms with Gasteiger partial charge in [0.1, 0.15) is 43.3 Å². The SMILES string of the molecule is COc1ccc(C([NH-])(c2ccc(OC)cc2)[C@H]([NH-])C(C)C)cc1.[Cl][Ru+2][Cl].c1ccc([PH+](c2ccccc2)c2ccc3ccccc3c2-c2c([PH+](c3ccccc3)c3ccccc3)ccc3ccccc23)cc1. The van der Waals surface area contributed by atoms with Gasteiger partial charge in [0.15, 0.2) is 0 Å². The van der Waals surface area contributed by atoms with Gasteiger partial charge in [-0.25, -0.2) is 0 Å². The summed E-state index contributed by atoms with van der Waals surface area (Å²) in [4.78, 5) is 0. The summed E-state index contributed by atoms with van der Waals surface area (Å²) in [7, 11) is 10.2.